The third kappa shape index (κ3) is 7.22. The minimum atomic E-state index is 0. The maximum Gasteiger partial charge on any atom is 0.223 e. The number of rotatable bonds is 8. The number of nitrogens with zero attached hydrogens (tertiary/aromatic N) is 3. The Morgan fingerprint density at radius 1 is 1.03 bits per heavy atom. The standard InChI is InChI=1S/C26H33N5O.HI/c1-27-26(28-18-22-10-7-11-24(16-22)30-13-5-6-14-30)29-19-23-17-25(32)31(20-23)15-12-21-8-3-2-4-9-21;/h2-11,16,23H,12-15,17-20H2,1H3,(H2,27,28,29);1H. The highest BCUT2D eigenvalue weighted by Crippen LogP contribution is 2.19. The first-order valence-electron chi connectivity index (χ1n) is 11.5. The first kappa shape index (κ1) is 25.1. The van der Waals surface area contributed by atoms with Gasteiger partial charge in [-0.25, -0.2) is 0 Å². The van der Waals surface area contributed by atoms with Crippen LogP contribution in [0.5, 0.6) is 0 Å². The Morgan fingerprint density at radius 2 is 1.79 bits per heavy atom. The number of benzene rings is 2. The van der Waals surface area contributed by atoms with E-state index in [4.69, 9.17) is 0 Å². The molecule has 2 aliphatic heterocycles. The average Bonchev–Trinajstić information content (AvgIpc) is 3.49. The molecule has 0 aromatic heterocycles. The molecule has 2 aliphatic rings. The number of nitrogens with one attached hydrogen (secondary N) is 2. The Bertz CT molecular complexity index is 954. The predicted octanol–water partition coefficient (Wildman–Crippen LogP) is 3.44. The van der Waals surface area contributed by atoms with E-state index in [1.165, 1.54) is 16.8 Å². The molecule has 4 rings (SSSR count). The molecule has 6 nitrogen and oxygen atoms in total. The summed E-state index contributed by atoms with van der Waals surface area (Å²) in [5.74, 6) is 1.33. The van der Waals surface area contributed by atoms with Crippen LogP contribution in [0.2, 0.25) is 0 Å². The summed E-state index contributed by atoms with van der Waals surface area (Å²) >= 11 is 0. The van der Waals surface area contributed by atoms with Crippen LogP contribution >= 0.6 is 24.0 Å². The summed E-state index contributed by atoms with van der Waals surface area (Å²) in [5, 5.41) is 6.81. The molecule has 176 valence electrons. The molecule has 1 fully saturated rings. The molecule has 2 aromatic rings. The molecule has 0 radical (unpaired) electrons. The van der Waals surface area contributed by atoms with Gasteiger partial charge in [0.1, 0.15) is 0 Å². The zero-order valence-electron chi connectivity index (χ0n) is 19.2. The molecule has 2 N–H and O–H groups in total. The number of aliphatic imine (C=N–C) groups is 1. The number of halogens is 1. The zero-order valence-corrected chi connectivity index (χ0v) is 21.6. The fourth-order valence-corrected chi connectivity index (χ4v) is 4.31. The smallest absolute Gasteiger partial charge is 0.223 e. The van der Waals surface area contributed by atoms with Crippen LogP contribution in [0.25, 0.3) is 0 Å². The maximum atomic E-state index is 12.4. The summed E-state index contributed by atoms with van der Waals surface area (Å²) in [5.41, 5.74) is 3.74. The molecular weight excluding hydrogens is 525 g/mol. The number of guanidine groups is 1. The Labute approximate surface area is 214 Å². The van der Waals surface area contributed by atoms with Gasteiger partial charge in [0.25, 0.3) is 0 Å². The van der Waals surface area contributed by atoms with Gasteiger partial charge in [0.15, 0.2) is 5.96 Å². The topological polar surface area (TPSA) is 60.0 Å². The minimum absolute atomic E-state index is 0. The van der Waals surface area contributed by atoms with E-state index < -0.39 is 0 Å². The van der Waals surface area contributed by atoms with Gasteiger partial charge in [-0.05, 0) is 29.7 Å². The second kappa shape index (κ2) is 12.6. The summed E-state index contributed by atoms with van der Waals surface area (Å²) in [6.07, 6.45) is 5.91. The fourth-order valence-electron chi connectivity index (χ4n) is 4.31. The largest absolute Gasteiger partial charge is 0.364 e. The summed E-state index contributed by atoms with van der Waals surface area (Å²) < 4.78 is 0. The predicted molar refractivity (Wildman–Crippen MR) is 146 cm³/mol. The monoisotopic (exact) mass is 559 g/mol. The van der Waals surface area contributed by atoms with Crippen LogP contribution in [0.4, 0.5) is 5.69 Å². The van der Waals surface area contributed by atoms with Crippen LogP contribution in [0.3, 0.4) is 0 Å². The Kier molecular flexibility index (Phi) is 9.60. The van der Waals surface area contributed by atoms with Crippen molar-refractivity contribution in [3.63, 3.8) is 0 Å². The molecule has 1 atom stereocenters. The van der Waals surface area contributed by atoms with Crippen molar-refractivity contribution in [2.24, 2.45) is 10.9 Å². The van der Waals surface area contributed by atoms with E-state index in [0.717, 1.165) is 45.1 Å². The van der Waals surface area contributed by atoms with Gasteiger partial charge in [-0.15, -0.1) is 24.0 Å². The lowest BCUT2D eigenvalue weighted by Crippen LogP contribution is -2.40. The first-order valence-corrected chi connectivity index (χ1v) is 11.5. The lowest BCUT2D eigenvalue weighted by molar-refractivity contribution is -0.127. The van der Waals surface area contributed by atoms with Gasteiger partial charge < -0.3 is 20.4 Å². The first-order chi connectivity index (χ1) is 15.7. The van der Waals surface area contributed by atoms with Crippen molar-refractivity contribution in [2.75, 3.05) is 44.7 Å². The molecular formula is C26H34IN5O. The number of carbonyl (C=O) groups is 1. The molecule has 2 aromatic carbocycles. The number of anilines is 1. The number of hydrogen-bond acceptors (Lipinski definition) is 3. The highest BCUT2D eigenvalue weighted by atomic mass is 127. The Balaban J connectivity index is 0.00000306. The quantitative estimate of drug-likeness (QED) is 0.225. The summed E-state index contributed by atoms with van der Waals surface area (Å²) in [6.45, 7) is 5.00. The second-order valence-electron chi connectivity index (χ2n) is 8.50. The van der Waals surface area contributed by atoms with Crippen molar-refractivity contribution in [1.82, 2.24) is 15.5 Å². The molecule has 1 amide bonds. The molecule has 2 heterocycles. The highest BCUT2D eigenvalue weighted by Gasteiger charge is 2.29. The lowest BCUT2D eigenvalue weighted by atomic mass is 10.1. The normalized spacial score (nSPS) is 17.9. The van der Waals surface area contributed by atoms with Crippen LogP contribution in [0, 0.1) is 5.92 Å². The van der Waals surface area contributed by atoms with Gasteiger partial charge in [-0.2, -0.15) is 0 Å². The molecule has 7 heteroatoms. The van der Waals surface area contributed by atoms with Crippen molar-refractivity contribution in [2.45, 2.75) is 19.4 Å². The van der Waals surface area contributed by atoms with E-state index in [1.807, 2.05) is 23.1 Å². The van der Waals surface area contributed by atoms with Crippen LogP contribution in [0.1, 0.15) is 17.5 Å². The van der Waals surface area contributed by atoms with E-state index in [2.05, 4.69) is 69.1 Å². The van der Waals surface area contributed by atoms with Crippen molar-refractivity contribution in [3.8, 4) is 0 Å². The minimum Gasteiger partial charge on any atom is -0.364 e. The third-order valence-electron chi connectivity index (χ3n) is 6.14. The number of carbonyl (C=O) groups excluding carboxylic acids is 1. The summed E-state index contributed by atoms with van der Waals surface area (Å²) in [7, 11) is 1.79. The summed E-state index contributed by atoms with van der Waals surface area (Å²) in [6, 6.07) is 19.0. The summed E-state index contributed by atoms with van der Waals surface area (Å²) in [4.78, 5) is 21.1. The van der Waals surface area contributed by atoms with E-state index in [-0.39, 0.29) is 29.9 Å². The molecule has 0 saturated carbocycles. The van der Waals surface area contributed by atoms with Crippen LogP contribution in [-0.4, -0.2) is 56.5 Å². The van der Waals surface area contributed by atoms with Crippen molar-refractivity contribution < 1.29 is 4.79 Å². The molecule has 0 aliphatic carbocycles. The molecule has 1 saturated heterocycles. The van der Waals surface area contributed by atoms with Crippen LogP contribution in [0.15, 0.2) is 71.7 Å². The molecule has 0 bridgehead atoms. The fraction of sp³-hybridized carbons (Fsp3) is 0.385. The van der Waals surface area contributed by atoms with Crippen molar-refractivity contribution in [3.05, 3.63) is 77.9 Å². The van der Waals surface area contributed by atoms with Gasteiger partial charge in [0, 0.05) is 64.3 Å². The maximum absolute atomic E-state index is 12.4. The third-order valence-corrected chi connectivity index (χ3v) is 6.14. The highest BCUT2D eigenvalue weighted by molar-refractivity contribution is 14.0. The van der Waals surface area contributed by atoms with E-state index in [9.17, 15) is 4.79 Å². The number of likely N-dealkylation sites (tertiary alicyclic amines) is 1. The van der Waals surface area contributed by atoms with Gasteiger partial charge in [-0.3, -0.25) is 9.79 Å². The lowest BCUT2D eigenvalue weighted by Gasteiger charge is -2.19. The van der Waals surface area contributed by atoms with E-state index in [1.54, 1.807) is 7.05 Å². The van der Waals surface area contributed by atoms with Crippen molar-refractivity contribution in [1.29, 1.82) is 0 Å². The number of amides is 1. The van der Waals surface area contributed by atoms with Gasteiger partial charge in [0.2, 0.25) is 5.91 Å². The molecule has 33 heavy (non-hydrogen) atoms. The van der Waals surface area contributed by atoms with E-state index in [0.29, 0.717) is 18.9 Å². The second-order valence-corrected chi connectivity index (χ2v) is 8.50. The molecule has 0 spiro atoms. The number of hydrogen-bond donors (Lipinski definition) is 2. The molecule has 1 unspecified atom stereocenters. The van der Waals surface area contributed by atoms with Gasteiger partial charge in [-0.1, -0.05) is 54.6 Å². The zero-order chi connectivity index (χ0) is 22.2. The van der Waals surface area contributed by atoms with Gasteiger partial charge in [0.05, 0.1) is 0 Å². The SMILES string of the molecule is CN=C(NCc1cccc(N2CC=CC2)c1)NCC1CC(=O)N(CCc2ccccc2)C1.I. The average molecular weight is 559 g/mol. The Morgan fingerprint density at radius 3 is 2.55 bits per heavy atom. The van der Waals surface area contributed by atoms with Crippen LogP contribution in [-0.2, 0) is 17.8 Å². The van der Waals surface area contributed by atoms with E-state index >= 15 is 0 Å². The Hall–Kier alpha value is -2.55. The van der Waals surface area contributed by atoms with Gasteiger partial charge >= 0.3 is 0 Å². The van der Waals surface area contributed by atoms with Crippen molar-refractivity contribution >= 4 is 41.5 Å². The van der Waals surface area contributed by atoms with Crippen LogP contribution < -0.4 is 15.5 Å².